The van der Waals surface area contributed by atoms with Gasteiger partial charge in [0.2, 0.25) is 0 Å². The lowest BCUT2D eigenvalue weighted by Gasteiger charge is -2.14. The lowest BCUT2D eigenvalue weighted by atomic mass is 10.2. The summed E-state index contributed by atoms with van der Waals surface area (Å²) in [5, 5.41) is 7.22. The van der Waals surface area contributed by atoms with Crippen molar-refractivity contribution in [1.29, 1.82) is 0 Å². The van der Waals surface area contributed by atoms with E-state index in [1.165, 1.54) is 4.68 Å². The molecule has 0 fully saturated rings. The van der Waals surface area contributed by atoms with Crippen LogP contribution in [0.2, 0.25) is 0 Å². The number of likely N-dealkylation sites (N-methyl/N-ethyl adjacent to an activating group) is 1. The second-order valence-electron chi connectivity index (χ2n) is 3.45. The molecule has 1 atom stereocenters. The largest absolute Gasteiger partial charge is 0.315 e. The Morgan fingerprint density at radius 1 is 1.64 bits per heavy atom. The number of aryl methyl sites for hydroxylation is 1. The highest BCUT2D eigenvalue weighted by Crippen LogP contribution is 1.93. The molecule has 78 valence electrons. The van der Waals surface area contributed by atoms with Crippen molar-refractivity contribution >= 4 is 0 Å². The van der Waals surface area contributed by atoms with Crippen LogP contribution < -0.4 is 10.9 Å². The average molecular weight is 195 g/mol. The van der Waals surface area contributed by atoms with Crippen molar-refractivity contribution in [3.63, 3.8) is 0 Å². The van der Waals surface area contributed by atoms with Gasteiger partial charge in [-0.3, -0.25) is 4.79 Å². The van der Waals surface area contributed by atoms with Gasteiger partial charge >= 0.3 is 0 Å². The molecule has 4 heteroatoms. The van der Waals surface area contributed by atoms with Crippen LogP contribution in [-0.4, -0.2) is 22.9 Å². The Morgan fingerprint density at radius 2 is 2.36 bits per heavy atom. The second kappa shape index (κ2) is 4.91. The predicted octanol–water partition coefficient (Wildman–Crippen LogP) is 0.550. The van der Waals surface area contributed by atoms with E-state index in [2.05, 4.69) is 17.3 Å². The van der Waals surface area contributed by atoms with Crippen molar-refractivity contribution in [2.24, 2.45) is 0 Å². The molecule has 1 aromatic heterocycles. The molecule has 1 heterocycles. The van der Waals surface area contributed by atoms with E-state index in [4.69, 9.17) is 0 Å². The lowest BCUT2D eigenvalue weighted by Crippen LogP contribution is -2.35. The summed E-state index contributed by atoms with van der Waals surface area (Å²) in [5.74, 6) is 0. The fourth-order valence-corrected chi connectivity index (χ4v) is 1.29. The highest BCUT2D eigenvalue weighted by Gasteiger charge is 2.05. The van der Waals surface area contributed by atoms with E-state index in [0.29, 0.717) is 12.6 Å². The molecule has 0 bridgehead atoms. The summed E-state index contributed by atoms with van der Waals surface area (Å²) < 4.78 is 1.50. The number of hydrogen-bond acceptors (Lipinski definition) is 3. The molecular weight excluding hydrogens is 178 g/mol. The van der Waals surface area contributed by atoms with Crippen molar-refractivity contribution in [2.75, 3.05) is 7.05 Å². The quantitative estimate of drug-likeness (QED) is 0.763. The number of aromatic nitrogens is 2. The van der Waals surface area contributed by atoms with Crippen molar-refractivity contribution in [3.8, 4) is 0 Å². The van der Waals surface area contributed by atoms with Crippen LogP contribution in [0.1, 0.15) is 18.9 Å². The smallest absolute Gasteiger partial charge is 0.267 e. The molecule has 1 rings (SSSR count). The molecule has 0 saturated heterocycles. The van der Waals surface area contributed by atoms with Crippen molar-refractivity contribution in [3.05, 3.63) is 28.2 Å². The molecule has 0 saturated carbocycles. The molecule has 0 aliphatic rings. The van der Waals surface area contributed by atoms with Gasteiger partial charge in [-0.05, 0) is 26.0 Å². The van der Waals surface area contributed by atoms with Gasteiger partial charge in [-0.25, -0.2) is 4.68 Å². The average Bonchev–Trinajstić information content (AvgIpc) is 2.17. The van der Waals surface area contributed by atoms with Crippen LogP contribution in [0.4, 0.5) is 0 Å². The first-order valence-electron chi connectivity index (χ1n) is 4.88. The van der Waals surface area contributed by atoms with Gasteiger partial charge in [0.05, 0.1) is 12.7 Å². The summed E-state index contributed by atoms with van der Waals surface area (Å²) in [4.78, 5) is 11.5. The molecule has 4 nitrogen and oxygen atoms in total. The van der Waals surface area contributed by atoms with E-state index >= 15 is 0 Å². The van der Waals surface area contributed by atoms with Crippen LogP contribution in [0.15, 0.2) is 17.1 Å². The third-order valence-corrected chi connectivity index (χ3v) is 2.30. The van der Waals surface area contributed by atoms with Crippen LogP contribution in [0.25, 0.3) is 0 Å². The molecule has 14 heavy (non-hydrogen) atoms. The van der Waals surface area contributed by atoms with E-state index in [0.717, 1.165) is 12.0 Å². The summed E-state index contributed by atoms with van der Waals surface area (Å²) in [6.07, 6.45) is 2.70. The molecule has 0 aliphatic carbocycles. The summed E-state index contributed by atoms with van der Waals surface area (Å²) in [5.41, 5.74) is 0.877. The van der Waals surface area contributed by atoms with Crippen LogP contribution in [0, 0.1) is 6.92 Å². The Hall–Kier alpha value is -1.16. The maximum absolute atomic E-state index is 11.5. The van der Waals surface area contributed by atoms with E-state index in [9.17, 15) is 4.79 Å². The van der Waals surface area contributed by atoms with Crippen molar-refractivity contribution in [2.45, 2.75) is 32.9 Å². The third kappa shape index (κ3) is 2.67. The summed E-state index contributed by atoms with van der Waals surface area (Å²) in [7, 11) is 1.90. The number of hydrogen-bond donors (Lipinski definition) is 1. The molecule has 1 unspecified atom stereocenters. The molecule has 0 aliphatic heterocycles. The van der Waals surface area contributed by atoms with Crippen molar-refractivity contribution < 1.29 is 0 Å². The van der Waals surface area contributed by atoms with Crippen LogP contribution in [0.5, 0.6) is 0 Å². The second-order valence-corrected chi connectivity index (χ2v) is 3.45. The van der Waals surface area contributed by atoms with Gasteiger partial charge in [0.25, 0.3) is 5.56 Å². The maximum atomic E-state index is 11.5. The zero-order valence-corrected chi connectivity index (χ0v) is 8.95. The van der Waals surface area contributed by atoms with E-state index in [-0.39, 0.29) is 5.56 Å². The minimum atomic E-state index is -0.0290. The Labute approximate surface area is 84.0 Å². The molecule has 1 N–H and O–H groups in total. The molecule has 0 aromatic carbocycles. The Morgan fingerprint density at radius 3 is 2.86 bits per heavy atom. The van der Waals surface area contributed by atoms with Gasteiger partial charge in [-0.1, -0.05) is 6.92 Å². The Bertz CT molecular complexity index is 341. The number of nitrogens with zero attached hydrogens (tertiary/aromatic N) is 2. The Kier molecular flexibility index (Phi) is 3.83. The number of rotatable bonds is 4. The fraction of sp³-hybridized carbons (Fsp3) is 0.600. The van der Waals surface area contributed by atoms with Crippen LogP contribution >= 0.6 is 0 Å². The third-order valence-electron chi connectivity index (χ3n) is 2.30. The van der Waals surface area contributed by atoms with Gasteiger partial charge in [-0.15, -0.1) is 0 Å². The first kappa shape index (κ1) is 10.9. The molecule has 1 aromatic rings. The molecule has 0 radical (unpaired) electrons. The van der Waals surface area contributed by atoms with Crippen LogP contribution in [-0.2, 0) is 6.54 Å². The van der Waals surface area contributed by atoms with Crippen molar-refractivity contribution in [1.82, 2.24) is 15.1 Å². The summed E-state index contributed by atoms with van der Waals surface area (Å²) >= 11 is 0. The summed E-state index contributed by atoms with van der Waals surface area (Å²) in [6, 6.07) is 1.91. The molecular formula is C10H17N3O. The number of nitrogens with one attached hydrogen (secondary N) is 1. The monoisotopic (exact) mass is 195 g/mol. The normalized spacial score (nSPS) is 12.8. The lowest BCUT2D eigenvalue weighted by molar-refractivity contribution is 0.429. The van der Waals surface area contributed by atoms with E-state index in [1.54, 1.807) is 12.3 Å². The maximum Gasteiger partial charge on any atom is 0.267 e. The molecule has 0 spiro atoms. The van der Waals surface area contributed by atoms with Gasteiger partial charge in [0, 0.05) is 12.1 Å². The highest BCUT2D eigenvalue weighted by molar-refractivity contribution is 5.02. The standard InChI is InChI=1S/C10H17N3O/c1-4-9(11-3)7-13-10(14)5-8(2)6-12-13/h5-6,9,11H,4,7H2,1-3H3. The topological polar surface area (TPSA) is 46.9 Å². The molecule has 0 amide bonds. The van der Waals surface area contributed by atoms with Gasteiger partial charge < -0.3 is 5.32 Å². The van der Waals surface area contributed by atoms with Gasteiger partial charge in [0.1, 0.15) is 0 Å². The van der Waals surface area contributed by atoms with Gasteiger partial charge in [-0.2, -0.15) is 5.10 Å². The van der Waals surface area contributed by atoms with Crippen LogP contribution in [0.3, 0.4) is 0 Å². The van der Waals surface area contributed by atoms with E-state index in [1.807, 2.05) is 14.0 Å². The first-order valence-corrected chi connectivity index (χ1v) is 4.88. The van der Waals surface area contributed by atoms with Gasteiger partial charge in [0.15, 0.2) is 0 Å². The highest BCUT2D eigenvalue weighted by atomic mass is 16.1. The summed E-state index contributed by atoms with van der Waals surface area (Å²) in [6.45, 7) is 4.58. The predicted molar refractivity (Wildman–Crippen MR) is 56.4 cm³/mol. The minimum absolute atomic E-state index is 0.0290. The first-order chi connectivity index (χ1) is 6.67. The SMILES string of the molecule is CCC(Cn1ncc(C)cc1=O)NC. The zero-order valence-electron chi connectivity index (χ0n) is 8.95. The zero-order chi connectivity index (χ0) is 10.6. The fourth-order valence-electron chi connectivity index (χ4n) is 1.29. The van der Waals surface area contributed by atoms with E-state index < -0.39 is 0 Å². The Balaban J connectivity index is 2.81. The minimum Gasteiger partial charge on any atom is -0.315 e.